The first-order valence-corrected chi connectivity index (χ1v) is 8.86. The zero-order valence-electron chi connectivity index (χ0n) is 15.5. The van der Waals surface area contributed by atoms with Gasteiger partial charge >= 0.3 is 0 Å². The summed E-state index contributed by atoms with van der Waals surface area (Å²) in [5.41, 5.74) is 2.73. The van der Waals surface area contributed by atoms with Crippen LogP contribution < -0.4 is 9.64 Å². The van der Waals surface area contributed by atoms with Gasteiger partial charge in [-0.15, -0.1) is 5.10 Å². The lowest BCUT2D eigenvalue weighted by atomic mass is 10.2. The first-order valence-electron chi connectivity index (χ1n) is 8.86. The molecular formula is C20H18N6O2. The first kappa shape index (κ1) is 17.7. The molecule has 2 aromatic heterocycles. The molecular weight excluding hydrogens is 356 g/mol. The summed E-state index contributed by atoms with van der Waals surface area (Å²) in [5.74, 6) is 0.691. The van der Waals surface area contributed by atoms with Crippen molar-refractivity contribution < 1.29 is 9.53 Å². The Balaban J connectivity index is 1.75. The van der Waals surface area contributed by atoms with E-state index in [9.17, 15) is 4.79 Å². The topological polar surface area (TPSA) is 96.9 Å². The van der Waals surface area contributed by atoms with Gasteiger partial charge in [-0.3, -0.25) is 4.79 Å². The molecule has 0 N–H and O–H groups in total. The maximum absolute atomic E-state index is 13.4. The van der Waals surface area contributed by atoms with Crippen molar-refractivity contribution in [1.82, 2.24) is 20.0 Å². The van der Waals surface area contributed by atoms with Gasteiger partial charge < -0.3 is 9.64 Å². The second-order valence-electron chi connectivity index (χ2n) is 6.59. The lowest BCUT2D eigenvalue weighted by Crippen LogP contribution is -2.29. The van der Waals surface area contributed by atoms with Crippen LogP contribution in [0.25, 0.3) is 5.69 Å². The van der Waals surface area contributed by atoms with Gasteiger partial charge in [-0.05, 0) is 37.1 Å². The molecule has 0 radical (unpaired) electrons. The molecule has 0 bridgehead atoms. The molecule has 8 heteroatoms. The number of pyridine rings is 1. The molecule has 1 aliphatic carbocycles. The Morgan fingerprint density at radius 2 is 2.14 bits per heavy atom. The number of hydrogen-bond donors (Lipinski definition) is 0. The molecule has 1 aliphatic rings. The van der Waals surface area contributed by atoms with Crippen molar-refractivity contribution in [2.24, 2.45) is 0 Å². The van der Waals surface area contributed by atoms with Gasteiger partial charge in [0.1, 0.15) is 17.5 Å². The van der Waals surface area contributed by atoms with Crippen molar-refractivity contribution in [3.63, 3.8) is 0 Å². The largest absolute Gasteiger partial charge is 0.497 e. The maximum Gasteiger partial charge on any atom is 0.278 e. The fourth-order valence-corrected chi connectivity index (χ4v) is 2.98. The van der Waals surface area contributed by atoms with Gasteiger partial charge in [0.25, 0.3) is 5.91 Å². The van der Waals surface area contributed by atoms with Crippen LogP contribution in [0.15, 0.2) is 42.6 Å². The highest BCUT2D eigenvalue weighted by molar-refractivity contribution is 6.05. The number of nitrogens with zero attached hydrogens (tertiary/aromatic N) is 6. The number of methoxy groups -OCH3 is 1. The lowest BCUT2D eigenvalue weighted by Gasteiger charge is -2.18. The Morgan fingerprint density at radius 3 is 2.79 bits per heavy atom. The number of nitriles is 1. The summed E-state index contributed by atoms with van der Waals surface area (Å²) in [4.78, 5) is 18.9. The van der Waals surface area contributed by atoms with Crippen molar-refractivity contribution in [3.05, 3.63) is 59.7 Å². The molecule has 2 heterocycles. The second kappa shape index (κ2) is 7.12. The summed E-state index contributed by atoms with van der Waals surface area (Å²) < 4.78 is 6.85. The number of carbonyl (C=O) groups excluding carboxylic acids is 1. The highest BCUT2D eigenvalue weighted by Crippen LogP contribution is 2.41. The molecule has 4 rings (SSSR count). The number of carbonyl (C=O) groups is 1. The quantitative estimate of drug-likeness (QED) is 0.681. The molecule has 3 aromatic rings. The summed E-state index contributed by atoms with van der Waals surface area (Å²) in [6, 6.07) is 12.6. The Hall–Kier alpha value is -3.73. The highest BCUT2D eigenvalue weighted by Gasteiger charge is 2.35. The van der Waals surface area contributed by atoms with E-state index in [1.165, 1.54) is 11.1 Å². The lowest BCUT2D eigenvalue weighted by molar-refractivity contribution is 0.0984. The van der Waals surface area contributed by atoms with E-state index < -0.39 is 0 Å². The number of anilines is 1. The fourth-order valence-electron chi connectivity index (χ4n) is 2.98. The number of rotatable bonds is 5. The maximum atomic E-state index is 13.4. The van der Waals surface area contributed by atoms with E-state index in [1.54, 1.807) is 31.0 Å². The van der Waals surface area contributed by atoms with Crippen molar-refractivity contribution >= 4 is 11.6 Å². The van der Waals surface area contributed by atoms with Crippen molar-refractivity contribution in [2.45, 2.75) is 18.8 Å². The smallest absolute Gasteiger partial charge is 0.278 e. The van der Waals surface area contributed by atoms with Crippen molar-refractivity contribution in [3.8, 4) is 17.5 Å². The minimum Gasteiger partial charge on any atom is -0.497 e. The number of amides is 1. The standard InChI is InChI=1S/C20H18N6O2/c1-25(16-9-8-14(11-21)22-12-16)20(27)19-18(13-6-7-13)23-24-26(19)15-4-3-5-17(10-15)28-2/h3-5,8-10,12-13H,6-7H2,1-2H3. The average Bonchev–Trinajstić information content (AvgIpc) is 3.50. The van der Waals surface area contributed by atoms with Gasteiger partial charge in [-0.1, -0.05) is 11.3 Å². The van der Waals surface area contributed by atoms with E-state index in [0.29, 0.717) is 34.2 Å². The van der Waals surface area contributed by atoms with Gasteiger partial charge in [0.05, 0.1) is 30.4 Å². The summed E-state index contributed by atoms with van der Waals surface area (Å²) in [6.07, 6.45) is 3.51. The molecule has 1 saturated carbocycles. The van der Waals surface area contributed by atoms with Gasteiger partial charge in [0.2, 0.25) is 0 Å². The van der Waals surface area contributed by atoms with Crippen LogP contribution in [0, 0.1) is 11.3 Å². The number of benzene rings is 1. The van der Waals surface area contributed by atoms with Gasteiger partial charge in [-0.25, -0.2) is 9.67 Å². The molecule has 140 valence electrons. The Bertz CT molecular complexity index is 1060. The van der Waals surface area contributed by atoms with Crippen LogP contribution in [0.5, 0.6) is 5.75 Å². The van der Waals surface area contributed by atoms with Crippen molar-refractivity contribution in [1.29, 1.82) is 5.26 Å². The van der Waals surface area contributed by atoms with Gasteiger partial charge in [0.15, 0.2) is 5.69 Å². The second-order valence-corrected chi connectivity index (χ2v) is 6.59. The third-order valence-corrected chi connectivity index (χ3v) is 4.72. The third-order valence-electron chi connectivity index (χ3n) is 4.72. The van der Waals surface area contributed by atoms with E-state index in [0.717, 1.165) is 12.8 Å². The Morgan fingerprint density at radius 1 is 1.32 bits per heavy atom. The average molecular weight is 374 g/mol. The summed E-state index contributed by atoms with van der Waals surface area (Å²) >= 11 is 0. The van der Waals surface area contributed by atoms with Crippen LogP contribution in [-0.2, 0) is 0 Å². The van der Waals surface area contributed by atoms with Crippen molar-refractivity contribution in [2.75, 3.05) is 19.1 Å². The van der Waals surface area contributed by atoms with E-state index in [2.05, 4.69) is 15.3 Å². The summed E-state index contributed by atoms with van der Waals surface area (Å²) in [7, 11) is 3.26. The minimum atomic E-state index is -0.235. The predicted molar refractivity (Wildman–Crippen MR) is 102 cm³/mol. The number of hydrogen-bond acceptors (Lipinski definition) is 6. The molecule has 0 saturated heterocycles. The molecule has 8 nitrogen and oxygen atoms in total. The summed E-state index contributed by atoms with van der Waals surface area (Å²) in [6.45, 7) is 0. The SMILES string of the molecule is COc1cccc(-n2nnc(C3CC3)c2C(=O)N(C)c2ccc(C#N)nc2)c1. The van der Waals surface area contributed by atoms with E-state index in [-0.39, 0.29) is 11.8 Å². The number of aromatic nitrogens is 4. The van der Waals surface area contributed by atoms with E-state index in [1.807, 2.05) is 30.3 Å². The number of ether oxygens (including phenoxy) is 1. The molecule has 0 unspecified atom stereocenters. The normalized spacial score (nSPS) is 13.0. The van der Waals surface area contributed by atoms with Gasteiger partial charge in [0, 0.05) is 19.0 Å². The van der Waals surface area contributed by atoms with Crippen LogP contribution in [0.1, 0.15) is 40.6 Å². The Kier molecular flexibility index (Phi) is 4.49. The third kappa shape index (κ3) is 3.18. The first-order chi connectivity index (χ1) is 13.6. The Labute approximate surface area is 162 Å². The van der Waals surface area contributed by atoms with Crippen LogP contribution in [0.2, 0.25) is 0 Å². The van der Waals surface area contributed by atoms with Crippen LogP contribution in [0.3, 0.4) is 0 Å². The minimum absolute atomic E-state index is 0.235. The predicted octanol–water partition coefficient (Wildman–Crippen LogP) is 2.70. The fraction of sp³-hybridized carbons (Fsp3) is 0.250. The monoisotopic (exact) mass is 374 g/mol. The molecule has 1 fully saturated rings. The van der Waals surface area contributed by atoms with E-state index in [4.69, 9.17) is 10.00 Å². The molecule has 1 aromatic carbocycles. The van der Waals surface area contributed by atoms with Crippen LogP contribution in [-0.4, -0.2) is 40.0 Å². The zero-order valence-corrected chi connectivity index (χ0v) is 15.5. The molecule has 1 amide bonds. The van der Waals surface area contributed by atoms with Crippen LogP contribution >= 0.6 is 0 Å². The highest BCUT2D eigenvalue weighted by atomic mass is 16.5. The summed E-state index contributed by atoms with van der Waals surface area (Å²) in [5, 5.41) is 17.5. The molecule has 0 spiro atoms. The molecule has 0 aliphatic heterocycles. The molecule has 0 atom stereocenters. The van der Waals surface area contributed by atoms with Crippen LogP contribution in [0.4, 0.5) is 5.69 Å². The van der Waals surface area contributed by atoms with E-state index >= 15 is 0 Å². The molecule has 28 heavy (non-hydrogen) atoms. The van der Waals surface area contributed by atoms with Gasteiger partial charge in [-0.2, -0.15) is 5.26 Å². The zero-order chi connectivity index (χ0) is 19.7.